The molecule has 112 valence electrons. The Morgan fingerprint density at radius 2 is 2.04 bits per heavy atom. The SMILES string of the molecule is N#CC1=C(N)Nc2oc(-c3ccccc3)nc2C1c1cccs1. The van der Waals surface area contributed by atoms with Gasteiger partial charge in [0.2, 0.25) is 11.8 Å². The first-order chi connectivity index (χ1) is 11.3. The van der Waals surface area contributed by atoms with Crippen molar-refractivity contribution in [3.05, 3.63) is 69.8 Å². The van der Waals surface area contributed by atoms with Crippen LogP contribution in [0.2, 0.25) is 0 Å². The van der Waals surface area contributed by atoms with Gasteiger partial charge in [-0.05, 0) is 23.6 Å². The molecule has 1 atom stereocenters. The maximum Gasteiger partial charge on any atom is 0.229 e. The van der Waals surface area contributed by atoms with Crippen LogP contribution in [0.25, 0.3) is 11.5 Å². The molecule has 3 aromatic rings. The zero-order valence-corrected chi connectivity index (χ0v) is 12.8. The average Bonchev–Trinajstić information content (AvgIpc) is 3.23. The number of hydrogen-bond donors (Lipinski definition) is 2. The van der Waals surface area contributed by atoms with Gasteiger partial charge in [0.1, 0.15) is 11.5 Å². The highest BCUT2D eigenvalue weighted by atomic mass is 32.1. The number of oxazole rings is 1. The first-order valence-corrected chi connectivity index (χ1v) is 7.92. The van der Waals surface area contributed by atoms with Crippen LogP contribution < -0.4 is 11.1 Å². The van der Waals surface area contributed by atoms with Gasteiger partial charge in [-0.1, -0.05) is 24.3 Å². The fourth-order valence-electron chi connectivity index (χ4n) is 2.66. The molecule has 1 aliphatic heterocycles. The summed E-state index contributed by atoms with van der Waals surface area (Å²) in [6, 6.07) is 15.8. The van der Waals surface area contributed by atoms with Crippen LogP contribution in [0.15, 0.2) is 63.7 Å². The lowest BCUT2D eigenvalue weighted by atomic mass is 9.92. The summed E-state index contributed by atoms with van der Waals surface area (Å²) in [5.41, 5.74) is 8.05. The first-order valence-electron chi connectivity index (χ1n) is 7.04. The molecule has 0 spiro atoms. The smallest absolute Gasteiger partial charge is 0.229 e. The van der Waals surface area contributed by atoms with E-state index in [2.05, 4.69) is 16.4 Å². The molecule has 0 bridgehead atoms. The summed E-state index contributed by atoms with van der Waals surface area (Å²) in [7, 11) is 0. The molecular weight excluding hydrogens is 308 g/mol. The van der Waals surface area contributed by atoms with E-state index in [1.807, 2.05) is 47.8 Å². The summed E-state index contributed by atoms with van der Waals surface area (Å²) in [5.74, 6) is 1.03. The molecule has 1 aliphatic rings. The lowest BCUT2D eigenvalue weighted by Gasteiger charge is -2.21. The number of hydrogen-bond acceptors (Lipinski definition) is 6. The molecule has 3 N–H and O–H groups in total. The van der Waals surface area contributed by atoms with Crippen molar-refractivity contribution >= 4 is 17.2 Å². The van der Waals surface area contributed by atoms with Gasteiger partial charge in [0, 0.05) is 10.4 Å². The number of benzene rings is 1. The highest BCUT2D eigenvalue weighted by Gasteiger charge is 2.34. The first kappa shape index (κ1) is 13.6. The minimum Gasteiger partial charge on any atom is -0.420 e. The lowest BCUT2D eigenvalue weighted by molar-refractivity contribution is 0.585. The van der Waals surface area contributed by atoms with Crippen molar-refractivity contribution in [1.29, 1.82) is 5.26 Å². The van der Waals surface area contributed by atoms with E-state index in [0.717, 1.165) is 10.4 Å². The minimum absolute atomic E-state index is 0.294. The summed E-state index contributed by atoms with van der Waals surface area (Å²) in [6.45, 7) is 0. The zero-order chi connectivity index (χ0) is 15.8. The summed E-state index contributed by atoms with van der Waals surface area (Å²) in [4.78, 5) is 5.64. The number of nitrogens with two attached hydrogens (primary N) is 1. The van der Waals surface area contributed by atoms with Crippen molar-refractivity contribution in [3.63, 3.8) is 0 Å². The van der Waals surface area contributed by atoms with E-state index in [9.17, 15) is 5.26 Å². The Kier molecular flexibility index (Phi) is 3.14. The van der Waals surface area contributed by atoms with Gasteiger partial charge in [-0.2, -0.15) is 5.26 Å². The number of nitrogens with one attached hydrogen (secondary N) is 1. The second-order valence-corrected chi connectivity index (χ2v) is 6.09. The van der Waals surface area contributed by atoms with Crippen LogP contribution in [0.5, 0.6) is 0 Å². The predicted molar refractivity (Wildman–Crippen MR) is 88.6 cm³/mol. The second kappa shape index (κ2) is 5.30. The van der Waals surface area contributed by atoms with Gasteiger partial charge in [-0.25, -0.2) is 4.98 Å². The van der Waals surface area contributed by atoms with E-state index in [4.69, 9.17) is 10.2 Å². The quantitative estimate of drug-likeness (QED) is 0.752. The van der Waals surface area contributed by atoms with E-state index in [1.54, 1.807) is 11.3 Å². The highest BCUT2D eigenvalue weighted by Crippen LogP contribution is 2.43. The fraction of sp³-hybridized carbons (Fsp3) is 0.0588. The molecule has 0 radical (unpaired) electrons. The Morgan fingerprint density at radius 1 is 1.22 bits per heavy atom. The Bertz CT molecular complexity index is 919. The number of allylic oxidation sites excluding steroid dienone is 1. The van der Waals surface area contributed by atoms with Crippen molar-refractivity contribution in [2.75, 3.05) is 5.32 Å². The summed E-state index contributed by atoms with van der Waals surface area (Å²) < 4.78 is 5.84. The topological polar surface area (TPSA) is 87.9 Å². The molecule has 0 saturated carbocycles. The van der Waals surface area contributed by atoms with Crippen molar-refractivity contribution in [2.45, 2.75) is 5.92 Å². The van der Waals surface area contributed by atoms with Gasteiger partial charge in [-0.15, -0.1) is 11.3 Å². The van der Waals surface area contributed by atoms with Crippen LogP contribution in [0.3, 0.4) is 0 Å². The number of nitrogens with zero attached hydrogens (tertiary/aromatic N) is 2. The monoisotopic (exact) mass is 320 g/mol. The number of thiophene rings is 1. The van der Waals surface area contributed by atoms with Crippen LogP contribution in [-0.4, -0.2) is 4.98 Å². The molecule has 6 heteroatoms. The molecule has 0 fully saturated rings. The molecule has 2 aromatic heterocycles. The number of rotatable bonds is 2. The van der Waals surface area contributed by atoms with Crippen molar-refractivity contribution < 1.29 is 4.42 Å². The minimum atomic E-state index is -0.294. The highest BCUT2D eigenvalue weighted by molar-refractivity contribution is 7.10. The largest absolute Gasteiger partial charge is 0.420 e. The third-order valence-corrected chi connectivity index (χ3v) is 4.66. The van der Waals surface area contributed by atoms with E-state index >= 15 is 0 Å². The van der Waals surface area contributed by atoms with Crippen LogP contribution in [0, 0.1) is 11.3 Å². The number of fused-ring (bicyclic) bond motifs is 1. The summed E-state index contributed by atoms with van der Waals surface area (Å²) in [5, 5.41) is 14.4. The van der Waals surface area contributed by atoms with Crippen LogP contribution in [0.1, 0.15) is 16.5 Å². The van der Waals surface area contributed by atoms with E-state index < -0.39 is 0 Å². The van der Waals surface area contributed by atoms with Crippen molar-refractivity contribution in [2.24, 2.45) is 5.73 Å². The summed E-state index contributed by atoms with van der Waals surface area (Å²) in [6.07, 6.45) is 0. The van der Waals surface area contributed by atoms with Gasteiger partial charge in [-0.3, -0.25) is 0 Å². The molecule has 5 nitrogen and oxygen atoms in total. The third-order valence-electron chi connectivity index (χ3n) is 3.72. The molecular formula is C17H12N4OS. The van der Waals surface area contributed by atoms with E-state index in [0.29, 0.717) is 28.9 Å². The molecule has 1 unspecified atom stereocenters. The van der Waals surface area contributed by atoms with E-state index in [-0.39, 0.29) is 5.92 Å². The predicted octanol–water partition coefficient (Wildman–Crippen LogP) is 3.65. The fourth-order valence-corrected chi connectivity index (χ4v) is 3.50. The molecule has 1 aromatic carbocycles. The Balaban J connectivity index is 1.88. The third kappa shape index (κ3) is 2.18. The molecule has 4 rings (SSSR count). The normalized spacial score (nSPS) is 16.6. The van der Waals surface area contributed by atoms with Crippen LogP contribution in [0.4, 0.5) is 5.88 Å². The molecule has 0 saturated heterocycles. The van der Waals surface area contributed by atoms with Gasteiger partial charge in [0.25, 0.3) is 0 Å². The zero-order valence-electron chi connectivity index (χ0n) is 12.0. The van der Waals surface area contributed by atoms with E-state index in [1.165, 1.54) is 0 Å². The summed E-state index contributed by atoms with van der Waals surface area (Å²) >= 11 is 1.57. The number of aromatic nitrogens is 1. The molecule has 23 heavy (non-hydrogen) atoms. The van der Waals surface area contributed by atoms with Crippen molar-refractivity contribution in [1.82, 2.24) is 4.98 Å². The molecule has 0 aliphatic carbocycles. The van der Waals surface area contributed by atoms with Gasteiger partial charge >= 0.3 is 0 Å². The number of anilines is 1. The van der Waals surface area contributed by atoms with Crippen LogP contribution in [-0.2, 0) is 0 Å². The maximum absolute atomic E-state index is 9.50. The number of nitriles is 1. The molecule has 3 heterocycles. The Hall–Kier alpha value is -3.04. The van der Waals surface area contributed by atoms with Gasteiger partial charge < -0.3 is 15.5 Å². The second-order valence-electron chi connectivity index (χ2n) is 5.11. The Morgan fingerprint density at radius 3 is 2.74 bits per heavy atom. The lowest BCUT2D eigenvalue weighted by Crippen LogP contribution is -2.22. The van der Waals surface area contributed by atoms with Crippen molar-refractivity contribution in [3.8, 4) is 17.5 Å². The van der Waals surface area contributed by atoms with Crippen LogP contribution >= 0.6 is 11.3 Å². The van der Waals surface area contributed by atoms with Gasteiger partial charge in [0.15, 0.2) is 0 Å². The maximum atomic E-state index is 9.50. The Labute approximate surface area is 136 Å². The average molecular weight is 320 g/mol. The molecule has 0 amide bonds. The van der Waals surface area contributed by atoms with Gasteiger partial charge in [0.05, 0.1) is 17.6 Å². The standard InChI is InChI=1S/C17H12N4OS/c18-9-11-13(12-7-4-8-23-12)14-17(21-15(11)19)22-16(20-14)10-5-2-1-3-6-10/h1-8,13,21H,19H2.